The third kappa shape index (κ3) is 3.22. The number of thioether (sulfide) groups is 1. The van der Waals surface area contributed by atoms with E-state index in [2.05, 4.69) is 5.32 Å². The lowest BCUT2D eigenvalue weighted by molar-refractivity contribution is -0.148. The number of fused-ring (bicyclic) bond motifs is 1. The Labute approximate surface area is 150 Å². The Morgan fingerprint density at radius 1 is 1.16 bits per heavy atom. The molecule has 1 amide bonds. The Morgan fingerprint density at radius 2 is 1.88 bits per heavy atom. The summed E-state index contributed by atoms with van der Waals surface area (Å²) in [5.74, 6) is -0.281. The summed E-state index contributed by atoms with van der Waals surface area (Å²) in [7, 11) is 1.57. The van der Waals surface area contributed by atoms with Gasteiger partial charge in [0, 0.05) is 11.3 Å². The molecule has 2 aromatic rings. The molecule has 0 aromatic heterocycles. The number of carbonyl (C=O) groups is 2. The van der Waals surface area contributed by atoms with Crippen molar-refractivity contribution in [3.8, 4) is 5.75 Å². The minimum Gasteiger partial charge on any atom is -0.496 e. The topological polar surface area (TPSA) is 64.6 Å². The van der Waals surface area contributed by atoms with E-state index in [0.29, 0.717) is 11.4 Å². The predicted molar refractivity (Wildman–Crippen MR) is 97.0 cm³/mol. The lowest BCUT2D eigenvalue weighted by Crippen LogP contribution is -2.51. The maximum atomic E-state index is 12.9. The van der Waals surface area contributed by atoms with Gasteiger partial charge in [-0.1, -0.05) is 42.1 Å². The number of rotatable bonds is 5. The van der Waals surface area contributed by atoms with E-state index in [1.165, 1.54) is 11.8 Å². The lowest BCUT2D eigenvalue weighted by atomic mass is 9.96. The van der Waals surface area contributed by atoms with Crippen LogP contribution < -0.4 is 10.1 Å². The molecule has 1 unspecified atom stereocenters. The quantitative estimate of drug-likeness (QED) is 0.657. The minimum absolute atomic E-state index is 0.181. The Hall–Kier alpha value is -2.47. The summed E-state index contributed by atoms with van der Waals surface area (Å²) >= 11 is 1.23. The molecule has 3 rings (SSSR count). The number of nitrogens with one attached hydrogen (secondary N) is 1. The molecular weight excluding hydrogens is 338 g/mol. The van der Waals surface area contributed by atoms with Crippen molar-refractivity contribution in [2.24, 2.45) is 0 Å². The van der Waals surface area contributed by atoms with Crippen molar-refractivity contribution in [1.29, 1.82) is 0 Å². The van der Waals surface area contributed by atoms with Crippen LogP contribution in [0.4, 0.5) is 5.69 Å². The first kappa shape index (κ1) is 17.4. The molecule has 0 saturated heterocycles. The van der Waals surface area contributed by atoms with Crippen LogP contribution in [0.15, 0.2) is 53.4 Å². The number of esters is 1. The fourth-order valence-corrected chi connectivity index (χ4v) is 4.07. The summed E-state index contributed by atoms with van der Waals surface area (Å²) in [6, 6.07) is 14.8. The van der Waals surface area contributed by atoms with Crippen LogP contribution in [0.3, 0.4) is 0 Å². The van der Waals surface area contributed by atoms with Crippen LogP contribution in [0.1, 0.15) is 12.5 Å². The van der Waals surface area contributed by atoms with E-state index in [-0.39, 0.29) is 18.9 Å². The van der Waals surface area contributed by atoms with E-state index >= 15 is 0 Å². The SMILES string of the molecule is CCOC(=O)C1(Cc2ccccc2OC)Sc2ccccc2NC1=O. The lowest BCUT2D eigenvalue weighted by Gasteiger charge is -2.34. The molecule has 0 radical (unpaired) electrons. The van der Waals surface area contributed by atoms with E-state index in [0.717, 1.165) is 10.5 Å². The second-order valence-corrected chi connectivity index (χ2v) is 6.93. The van der Waals surface area contributed by atoms with Crippen molar-refractivity contribution < 1.29 is 19.1 Å². The fourth-order valence-electron chi connectivity index (χ4n) is 2.80. The van der Waals surface area contributed by atoms with E-state index in [4.69, 9.17) is 9.47 Å². The molecule has 1 N–H and O–H groups in total. The highest BCUT2D eigenvalue weighted by atomic mass is 32.2. The van der Waals surface area contributed by atoms with E-state index in [1.807, 2.05) is 48.5 Å². The fraction of sp³-hybridized carbons (Fsp3) is 0.263. The molecule has 2 aromatic carbocycles. The minimum atomic E-state index is -1.39. The summed E-state index contributed by atoms with van der Waals surface area (Å²) in [5, 5.41) is 2.85. The molecule has 1 atom stereocenters. The Bertz CT molecular complexity index is 808. The van der Waals surface area contributed by atoms with E-state index < -0.39 is 10.7 Å². The van der Waals surface area contributed by atoms with Crippen LogP contribution in [-0.4, -0.2) is 30.3 Å². The molecule has 0 fully saturated rings. The van der Waals surface area contributed by atoms with Crippen molar-refractivity contribution >= 4 is 29.3 Å². The molecule has 0 spiro atoms. The van der Waals surface area contributed by atoms with Gasteiger partial charge in [-0.3, -0.25) is 4.79 Å². The maximum Gasteiger partial charge on any atom is 0.332 e. The number of hydrogen-bond donors (Lipinski definition) is 1. The van der Waals surface area contributed by atoms with Gasteiger partial charge < -0.3 is 14.8 Å². The molecule has 6 heteroatoms. The smallest absolute Gasteiger partial charge is 0.332 e. The highest BCUT2D eigenvalue weighted by Gasteiger charge is 2.51. The molecule has 25 heavy (non-hydrogen) atoms. The zero-order valence-electron chi connectivity index (χ0n) is 14.1. The van der Waals surface area contributed by atoms with Gasteiger partial charge in [0.25, 0.3) is 5.91 Å². The van der Waals surface area contributed by atoms with Gasteiger partial charge in [0.05, 0.1) is 19.4 Å². The molecule has 1 aliphatic rings. The van der Waals surface area contributed by atoms with Crippen molar-refractivity contribution in [2.45, 2.75) is 23.0 Å². The van der Waals surface area contributed by atoms with Crippen molar-refractivity contribution in [1.82, 2.24) is 0 Å². The summed E-state index contributed by atoms with van der Waals surface area (Å²) in [4.78, 5) is 26.6. The van der Waals surface area contributed by atoms with Crippen LogP contribution in [-0.2, 0) is 20.7 Å². The Morgan fingerprint density at radius 3 is 2.64 bits per heavy atom. The van der Waals surface area contributed by atoms with Gasteiger partial charge in [0.15, 0.2) is 0 Å². The molecular formula is C19H19NO4S. The second kappa shape index (κ2) is 7.19. The molecule has 130 valence electrons. The van der Waals surface area contributed by atoms with Crippen LogP contribution in [0.25, 0.3) is 0 Å². The molecule has 1 heterocycles. The molecule has 0 aliphatic carbocycles. The molecule has 0 bridgehead atoms. The maximum absolute atomic E-state index is 12.9. The highest BCUT2D eigenvalue weighted by Crippen LogP contribution is 2.45. The van der Waals surface area contributed by atoms with Crippen LogP contribution >= 0.6 is 11.8 Å². The number of benzene rings is 2. The average molecular weight is 357 g/mol. The van der Waals surface area contributed by atoms with Gasteiger partial charge in [-0.25, -0.2) is 4.79 Å². The Kier molecular flexibility index (Phi) is 4.99. The monoisotopic (exact) mass is 357 g/mol. The van der Waals surface area contributed by atoms with Crippen LogP contribution in [0.2, 0.25) is 0 Å². The highest BCUT2D eigenvalue weighted by molar-refractivity contribution is 8.02. The summed E-state index contributed by atoms with van der Waals surface area (Å²) in [6.45, 7) is 1.94. The summed E-state index contributed by atoms with van der Waals surface area (Å²) < 4.78 is 9.25. The van der Waals surface area contributed by atoms with Gasteiger partial charge in [-0.05, 0) is 30.7 Å². The van der Waals surface area contributed by atoms with Gasteiger partial charge in [0.1, 0.15) is 5.75 Å². The van der Waals surface area contributed by atoms with Crippen molar-refractivity contribution in [3.63, 3.8) is 0 Å². The zero-order valence-corrected chi connectivity index (χ0v) is 14.9. The third-order valence-corrected chi connectivity index (χ3v) is 5.44. The number of anilines is 1. The third-order valence-electron chi connectivity index (χ3n) is 4.02. The first-order chi connectivity index (χ1) is 12.1. The second-order valence-electron chi connectivity index (χ2n) is 5.59. The first-order valence-corrected chi connectivity index (χ1v) is 8.81. The first-order valence-electron chi connectivity index (χ1n) is 7.99. The van der Waals surface area contributed by atoms with Gasteiger partial charge in [-0.2, -0.15) is 0 Å². The standard InChI is InChI=1S/C19H19NO4S/c1-3-24-18(22)19(12-13-8-4-6-10-15(13)23-2)17(21)20-14-9-5-7-11-16(14)25-19/h4-11H,3,12H2,1-2H3,(H,20,21). The number of hydrogen-bond acceptors (Lipinski definition) is 5. The molecule has 0 saturated carbocycles. The number of carbonyl (C=O) groups excluding carboxylic acids is 2. The number of amides is 1. The number of methoxy groups -OCH3 is 1. The van der Waals surface area contributed by atoms with Gasteiger partial charge in [-0.15, -0.1) is 0 Å². The van der Waals surface area contributed by atoms with Crippen molar-refractivity contribution in [2.75, 3.05) is 19.0 Å². The normalized spacial score (nSPS) is 18.9. The van der Waals surface area contributed by atoms with E-state index in [1.54, 1.807) is 14.0 Å². The van der Waals surface area contributed by atoms with Crippen LogP contribution in [0.5, 0.6) is 5.75 Å². The summed E-state index contributed by atoms with van der Waals surface area (Å²) in [5.41, 5.74) is 1.48. The average Bonchev–Trinajstić information content (AvgIpc) is 2.63. The number of para-hydroxylation sites is 2. The van der Waals surface area contributed by atoms with Crippen LogP contribution in [0, 0.1) is 0 Å². The summed E-state index contributed by atoms with van der Waals surface area (Å²) in [6.07, 6.45) is 0.181. The molecule has 5 nitrogen and oxygen atoms in total. The van der Waals surface area contributed by atoms with Gasteiger partial charge in [0.2, 0.25) is 4.75 Å². The largest absolute Gasteiger partial charge is 0.496 e. The van der Waals surface area contributed by atoms with Crippen molar-refractivity contribution in [3.05, 3.63) is 54.1 Å². The van der Waals surface area contributed by atoms with Gasteiger partial charge >= 0.3 is 5.97 Å². The Balaban J connectivity index is 2.06. The predicted octanol–water partition coefficient (Wildman–Crippen LogP) is 3.28. The number of ether oxygens (including phenoxy) is 2. The molecule has 1 aliphatic heterocycles. The van der Waals surface area contributed by atoms with E-state index in [9.17, 15) is 9.59 Å². The zero-order chi connectivity index (χ0) is 17.9.